The van der Waals surface area contributed by atoms with E-state index in [0.29, 0.717) is 18.1 Å². The molecule has 1 nitrogen and oxygen atoms in total. The molecule has 0 aromatic rings. The smallest absolute Gasteiger partial charge is 0.0844 e. The van der Waals surface area contributed by atoms with Crippen LogP contribution in [-0.2, 0) is 4.74 Å². The molecular weight excluding hydrogens is 112 g/mol. The third-order valence-corrected chi connectivity index (χ3v) is 2.63. The van der Waals surface area contributed by atoms with Crippen LogP contribution in [0.4, 0.5) is 0 Å². The van der Waals surface area contributed by atoms with Gasteiger partial charge in [0.1, 0.15) is 0 Å². The van der Waals surface area contributed by atoms with Gasteiger partial charge in [0.05, 0.1) is 12.2 Å². The molecule has 1 saturated carbocycles. The van der Waals surface area contributed by atoms with Gasteiger partial charge < -0.3 is 4.74 Å². The second kappa shape index (κ2) is 1.72. The maximum absolute atomic E-state index is 5.38. The highest BCUT2D eigenvalue weighted by atomic mass is 16.6. The summed E-state index contributed by atoms with van der Waals surface area (Å²) in [6.07, 6.45) is 3.67. The Morgan fingerprint density at radius 1 is 1.33 bits per heavy atom. The molecule has 2 aliphatic rings. The lowest BCUT2D eigenvalue weighted by molar-refractivity contribution is 0.338. The lowest BCUT2D eigenvalue weighted by Gasteiger charge is -2.21. The zero-order valence-electron chi connectivity index (χ0n) is 5.84. The molecular formula is C8H13O. The average molecular weight is 125 g/mol. The Morgan fingerprint density at radius 2 is 2.00 bits per heavy atom. The van der Waals surface area contributed by atoms with Gasteiger partial charge in [-0.15, -0.1) is 0 Å². The summed E-state index contributed by atoms with van der Waals surface area (Å²) >= 11 is 0. The highest BCUT2D eigenvalue weighted by Gasteiger charge is 2.45. The van der Waals surface area contributed by atoms with Crippen molar-refractivity contribution >= 4 is 0 Å². The fourth-order valence-corrected chi connectivity index (χ4v) is 1.68. The Hall–Kier alpha value is -0.0400. The molecule has 51 valence electrons. The standard InChI is InChI=1S/C8H13O/c1-5-3-7-8(9-7)4-6(5)2/h5-8H,1,3-4H2,2H3. The molecule has 0 bridgehead atoms. The van der Waals surface area contributed by atoms with Crippen molar-refractivity contribution in [3.05, 3.63) is 6.92 Å². The minimum Gasteiger partial charge on any atom is -0.370 e. The highest BCUT2D eigenvalue weighted by Crippen LogP contribution is 2.41. The van der Waals surface area contributed by atoms with E-state index in [0.717, 1.165) is 5.92 Å². The lowest BCUT2D eigenvalue weighted by Crippen LogP contribution is -2.19. The number of hydrogen-bond acceptors (Lipinski definition) is 1. The van der Waals surface area contributed by atoms with Crippen molar-refractivity contribution in [2.45, 2.75) is 32.0 Å². The van der Waals surface area contributed by atoms with Gasteiger partial charge in [-0.05, 0) is 31.6 Å². The van der Waals surface area contributed by atoms with Gasteiger partial charge >= 0.3 is 0 Å². The molecule has 1 heterocycles. The van der Waals surface area contributed by atoms with E-state index in [4.69, 9.17) is 4.74 Å². The molecule has 0 spiro atoms. The number of fused-ring (bicyclic) bond motifs is 1. The normalized spacial score (nSPS) is 56.7. The first kappa shape index (κ1) is 5.72. The van der Waals surface area contributed by atoms with Gasteiger partial charge in [0.2, 0.25) is 0 Å². The second-order valence-corrected chi connectivity index (χ2v) is 3.42. The Morgan fingerprint density at radius 3 is 2.67 bits per heavy atom. The van der Waals surface area contributed by atoms with Crippen LogP contribution in [0.25, 0.3) is 0 Å². The Bertz CT molecular complexity index is 108. The molecule has 4 unspecified atom stereocenters. The van der Waals surface area contributed by atoms with Gasteiger partial charge in [-0.2, -0.15) is 0 Å². The molecule has 1 aliphatic carbocycles. The third-order valence-electron chi connectivity index (χ3n) is 2.63. The molecule has 1 saturated heterocycles. The van der Waals surface area contributed by atoms with Crippen LogP contribution in [0.5, 0.6) is 0 Å². The largest absolute Gasteiger partial charge is 0.370 e. The summed E-state index contributed by atoms with van der Waals surface area (Å²) < 4.78 is 5.38. The van der Waals surface area contributed by atoms with Crippen molar-refractivity contribution in [3.8, 4) is 0 Å². The Balaban J connectivity index is 1.98. The zero-order chi connectivity index (χ0) is 6.43. The Kier molecular flexibility index (Phi) is 1.10. The van der Waals surface area contributed by atoms with Gasteiger partial charge in [0, 0.05) is 0 Å². The number of ether oxygens (including phenoxy) is 1. The SMILES string of the molecule is [CH2]C1CC2OC2CC1C. The van der Waals surface area contributed by atoms with E-state index in [1.807, 2.05) is 0 Å². The zero-order valence-corrected chi connectivity index (χ0v) is 5.84. The predicted octanol–water partition coefficient (Wildman–Crippen LogP) is 1.63. The van der Waals surface area contributed by atoms with E-state index in [1.165, 1.54) is 12.8 Å². The second-order valence-electron chi connectivity index (χ2n) is 3.42. The van der Waals surface area contributed by atoms with Gasteiger partial charge in [-0.1, -0.05) is 6.92 Å². The maximum atomic E-state index is 5.38. The summed E-state index contributed by atoms with van der Waals surface area (Å²) in [5.74, 6) is 1.43. The highest BCUT2D eigenvalue weighted by molar-refractivity contribution is 4.95. The van der Waals surface area contributed by atoms with Crippen LogP contribution in [0, 0.1) is 18.8 Å². The van der Waals surface area contributed by atoms with Crippen molar-refractivity contribution in [1.82, 2.24) is 0 Å². The molecule has 1 radical (unpaired) electrons. The van der Waals surface area contributed by atoms with Crippen LogP contribution in [0.15, 0.2) is 0 Å². The molecule has 9 heavy (non-hydrogen) atoms. The van der Waals surface area contributed by atoms with Crippen LogP contribution in [0.2, 0.25) is 0 Å². The Labute approximate surface area is 56.4 Å². The van der Waals surface area contributed by atoms with E-state index in [-0.39, 0.29) is 0 Å². The molecule has 0 amide bonds. The van der Waals surface area contributed by atoms with E-state index >= 15 is 0 Å². The molecule has 1 aliphatic heterocycles. The first-order valence-corrected chi connectivity index (χ1v) is 3.76. The maximum Gasteiger partial charge on any atom is 0.0844 e. The summed E-state index contributed by atoms with van der Waals surface area (Å²) in [5.41, 5.74) is 0. The third kappa shape index (κ3) is 0.877. The van der Waals surface area contributed by atoms with Crippen molar-refractivity contribution in [1.29, 1.82) is 0 Å². The monoisotopic (exact) mass is 125 g/mol. The number of hydrogen-bond donors (Lipinski definition) is 0. The number of rotatable bonds is 0. The van der Waals surface area contributed by atoms with E-state index in [2.05, 4.69) is 13.8 Å². The van der Waals surface area contributed by atoms with Crippen LogP contribution in [-0.4, -0.2) is 12.2 Å². The summed E-state index contributed by atoms with van der Waals surface area (Å²) in [6.45, 7) is 6.35. The predicted molar refractivity (Wildman–Crippen MR) is 35.9 cm³/mol. The molecule has 0 aromatic carbocycles. The first-order chi connectivity index (χ1) is 4.27. The van der Waals surface area contributed by atoms with Crippen LogP contribution in [0.1, 0.15) is 19.8 Å². The molecule has 2 fully saturated rings. The van der Waals surface area contributed by atoms with Gasteiger partial charge in [-0.3, -0.25) is 0 Å². The van der Waals surface area contributed by atoms with Crippen molar-refractivity contribution in [3.63, 3.8) is 0 Å². The summed E-state index contributed by atoms with van der Waals surface area (Å²) in [6, 6.07) is 0. The van der Waals surface area contributed by atoms with Crippen molar-refractivity contribution < 1.29 is 4.74 Å². The van der Waals surface area contributed by atoms with Crippen LogP contribution >= 0.6 is 0 Å². The fraction of sp³-hybridized carbons (Fsp3) is 0.875. The van der Waals surface area contributed by atoms with Gasteiger partial charge in [-0.25, -0.2) is 0 Å². The first-order valence-electron chi connectivity index (χ1n) is 3.76. The lowest BCUT2D eigenvalue weighted by atomic mass is 9.82. The van der Waals surface area contributed by atoms with E-state index in [9.17, 15) is 0 Å². The number of epoxide rings is 1. The summed E-state index contributed by atoms with van der Waals surface area (Å²) in [5, 5.41) is 0. The quantitative estimate of drug-likeness (QED) is 0.448. The average Bonchev–Trinajstić information content (AvgIpc) is 2.46. The minimum absolute atomic E-state index is 0.601. The molecule has 1 heteroatoms. The molecule has 4 atom stereocenters. The molecule has 0 N–H and O–H groups in total. The van der Waals surface area contributed by atoms with Gasteiger partial charge in [0.15, 0.2) is 0 Å². The van der Waals surface area contributed by atoms with E-state index < -0.39 is 0 Å². The fourth-order valence-electron chi connectivity index (χ4n) is 1.68. The van der Waals surface area contributed by atoms with Crippen molar-refractivity contribution in [2.75, 3.05) is 0 Å². The van der Waals surface area contributed by atoms with Crippen LogP contribution < -0.4 is 0 Å². The topological polar surface area (TPSA) is 12.5 Å². The van der Waals surface area contributed by atoms with Gasteiger partial charge in [0.25, 0.3) is 0 Å². The molecule has 0 aromatic heterocycles. The van der Waals surface area contributed by atoms with Crippen LogP contribution in [0.3, 0.4) is 0 Å². The molecule has 2 rings (SSSR count). The van der Waals surface area contributed by atoms with E-state index in [1.54, 1.807) is 0 Å². The summed E-state index contributed by atoms with van der Waals surface area (Å²) in [7, 11) is 0. The summed E-state index contributed by atoms with van der Waals surface area (Å²) in [4.78, 5) is 0. The minimum atomic E-state index is 0.601. The van der Waals surface area contributed by atoms with Crippen molar-refractivity contribution in [2.24, 2.45) is 11.8 Å².